The number of nitrogens with zero attached hydrogens (tertiary/aromatic N) is 5. The van der Waals surface area contributed by atoms with Crippen LogP contribution in [0.5, 0.6) is 17.2 Å². The zero-order valence-corrected chi connectivity index (χ0v) is 23.9. The van der Waals surface area contributed by atoms with Crippen LogP contribution < -0.4 is 24.0 Å². The highest BCUT2D eigenvalue weighted by atomic mass is 32.2. The number of rotatable bonds is 7. The van der Waals surface area contributed by atoms with Gasteiger partial charge in [-0.15, -0.1) is 10.2 Å². The number of carbonyl (C=O) groups is 1. The van der Waals surface area contributed by atoms with Gasteiger partial charge < -0.3 is 24.0 Å². The molecule has 0 aliphatic carbocycles. The van der Waals surface area contributed by atoms with Crippen molar-refractivity contribution in [1.29, 1.82) is 0 Å². The van der Waals surface area contributed by atoms with Crippen molar-refractivity contribution >= 4 is 27.4 Å². The van der Waals surface area contributed by atoms with E-state index < -0.39 is 10.0 Å². The molecule has 0 unspecified atom stereocenters. The van der Waals surface area contributed by atoms with Crippen LogP contribution in [-0.4, -0.2) is 82.9 Å². The fourth-order valence-corrected chi connectivity index (χ4v) is 6.72. The highest BCUT2D eigenvalue weighted by Crippen LogP contribution is 2.41. The van der Waals surface area contributed by atoms with Gasteiger partial charge in [-0.3, -0.25) is 4.79 Å². The first-order valence-corrected chi connectivity index (χ1v) is 14.5. The minimum Gasteiger partial charge on any atom is -0.493 e. The number of benzene rings is 2. The quantitative estimate of drug-likeness (QED) is 0.425. The lowest BCUT2D eigenvalue weighted by molar-refractivity contribution is -0.116. The maximum atomic E-state index is 13.5. The van der Waals surface area contributed by atoms with Crippen LogP contribution in [0.1, 0.15) is 18.9 Å². The summed E-state index contributed by atoms with van der Waals surface area (Å²) in [6.07, 6.45) is 1.56. The van der Waals surface area contributed by atoms with Gasteiger partial charge in [0.1, 0.15) is 0 Å². The number of hydrogen-bond acceptors (Lipinski definition) is 9. The highest BCUT2D eigenvalue weighted by molar-refractivity contribution is 7.89. The minimum absolute atomic E-state index is 0.0349. The van der Waals surface area contributed by atoms with Gasteiger partial charge in [0.15, 0.2) is 17.3 Å². The highest BCUT2D eigenvalue weighted by Gasteiger charge is 2.31. The molecule has 2 aliphatic heterocycles. The van der Waals surface area contributed by atoms with Crippen molar-refractivity contribution in [2.75, 3.05) is 63.9 Å². The number of fused-ring (bicyclic) bond motifs is 1. The van der Waals surface area contributed by atoms with E-state index in [-0.39, 0.29) is 10.8 Å². The van der Waals surface area contributed by atoms with Crippen molar-refractivity contribution in [1.82, 2.24) is 14.5 Å². The predicted molar refractivity (Wildman–Crippen MR) is 151 cm³/mol. The Morgan fingerprint density at radius 1 is 0.850 bits per heavy atom. The summed E-state index contributed by atoms with van der Waals surface area (Å²) < 4.78 is 44.7. The zero-order chi connectivity index (χ0) is 28.4. The molecule has 1 fully saturated rings. The lowest BCUT2D eigenvalue weighted by Gasteiger charge is -2.35. The summed E-state index contributed by atoms with van der Waals surface area (Å²) in [5.74, 6) is 2.18. The summed E-state index contributed by atoms with van der Waals surface area (Å²) in [6.45, 7) is 3.82. The molecule has 0 saturated carbocycles. The second kappa shape index (κ2) is 11.3. The summed E-state index contributed by atoms with van der Waals surface area (Å²) in [6, 6.07) is 12.4. The maximum absolute atomic E-state index is 13.5. The van der Waals surface area contributed by atoms with Crippen LogP contribution >= 0.6 is 0 Å². The van der Waals surface area contributed by atoms with Crippen molar-refractivity contribution in [2.24, 2.45) is 0 Å². The molecule has 1 aromatic heterocycles. The normalized spacial score (nSPS) is 15.9. The number of amides is 1. The lowest BCUT2D eigenvalue weighted by atomic mass is 10.0. The van der Waals surface area contributed by atoms with Crippen LogP contribution in [0.3, 0.4) is 0 Å². The van der Waals surface area contributed by atoms with Crippen molar-refractivity contribution < 1.29 is 27.4 Å². The van der Waals surface area contributed by atoms with E-state index in [1.165, 1.54) is 11.2 Å². The second-order valence-corrected chi connectivity index (χ2v) is 11.6. The standard InChI is InChI=1S/C28H33N5O6S/c1-19(34)33-11-5-6-20-16-22(7-9-24(20)33)40(35,36)32-14-12-31(13-15-32)27-10-8-23(29-30-27)21-17-25(37-2)28(39-4)26(18-21)38-3/h7-10,16-18H,5-6,11-15H2,1-4H3. The van der Waals surface area contributed by atoms with E-state index in [0.717, 1.165) is 29.7 Å². The molecule has 12 heteroatoms. The third-order valence-corrected chi connectivity index (χ3v) is 9.26. The monoisotopic (exact) mass is 567 g/mol. The van der Waals surface area contributed by atoms with E-state index in [2.05, 4.69) is 10.2 Å². The fourth-order valence-electron chi connectivity index (χ4n) is 5.24. The van der Waals surface area contributed by atoms with Crippen molar-refractivity contribution in [3.05, 3.63) is 48.0 Å². The Hall–Kier alpha value is -3.90. The number of anilines is 2. The van der Waals surface area contributed by atoms with Gasteiger partial charge in [0.05, 0.1) is 31.9 Å². The van der Waals surface area contributed by atoms with Crippen LogP contribution in [0.4, 0.5) is 11.5 Å². The number of piperazine rings is 1. The molecule has 212 valence electrons. The Morgan fingerprint density at radius 2 is 1.55 bits per heavy atom. The van der Waals surface area contributed by atoms with Gasteiger partial charge in [0, 0.05) is 50.9 Å². The van der Waals surface area contributed by atoms with Gasteiger partial charge >= 0.3 is 0 Å². The third kappa shape index (κ3) is 5.16. The first-order chi connectivity index (χ1) is 19.3. The number of methoxy groups -OCH3 is 3. The predicted octanol–water partition coefficient (Wildman–Crippen LogP) is 2.98. The molecule has 0 N–H and O–H groups in total. The van der Waals surface area contributed by atoms with E-state index in [1.54, 1.807) is 44.4 Å². The molecule has 2 aliphatic rings. The smallest absolute Gasteiger partial charge is 0.243 e. The molecule has 2 aromatic carbocycles. The van der Waals surface area contributed by atoms with Crippen molar-refractivity contribution in [3.63, 3.8) is 0 Å². The summed E-state index contributed by atoms with van der Waals surface area (Å²) in [5, 5.41) is 8.81. The first kappa shape index (κ1) is 27.7. The summed E-state index contributed by atoms with van der Waals surface area (Å²) >= 11 is 0. The Balaban J connectivity index is 1.28. The molecule has 1 saturated heterocycles. The van der Waals surface area contributed by atoms with Crippen LogP contribution in [-0.2, 0) is 21.2 Å². The van der Waals surface area contributed by atoms with Gasteiger partial charge in [-0.05, 0) is 60.9 Å². The molecule has 5 rings (SSSR count). The SMILES string of the molecule is COc1cc(-c2ccc(N3CCN(S(=O)(=O)c4ccc5c(c4)CCCN5C(C)=O)CC3)nn2)cc(OC)c1OC. The molecule has 0 spiro atoms. The average molecular weight is 568 g/mol. The number of hydrogen-bond donors (Lipinski definition) is 0. The molecule has 0 radical (unpaired) electrons. The molecule has 3 aromatic rings. The molecule has 11 nitrogen and oxygen atoms in total. The number of aryl methyl sites for hydroxylation is 1. The van der Waals surface area contributed by atoms with Gasteiger partial charge in [-0.25, -0.2) is 8.42 Å². The Labute approximate surface area is 234 Å². The van der Waals surface area contributed by atoms with Crippen LogP contribution in [0.15, 0.2) is 47.4 Å². The van der Waals surface area contributed by atoms with Crippen LogP contribution in [0.25, 0.3) is 11.3 Å². The van der Waals surface area contributed by atoms with Crippen molar-refractivity contribution in [3.8, 4) is 28.5 Å². The molecular weight excluding hydrogens is 534 g/mol. The number of sulfonamides is 1. The maximum Gasteiger partial charge on any atom is 0.243 e. The van der Waals surface area contributed by atoms with Gasteiger partial charge in [-0.2, -0.15) is 4.31 Å². The van der Waals surface area contributed by atoms with E-state index in [4.69, 9.17) is 14.2 Å². The van der Waals surface area contributed by atoms with Crippen molar-refractivity contribution in [2.45, 2.75) is 24.7 Å². The van der Waals surface area contributed by atoms with E-state index in [9.17, 15) is 13.2 Å². The molecule has 1 amide bonds. The van der Waals surface area contributed by atoms with Gasteiger partial charge in [0.25, 0.3) is 0 Å². The average Bonchev–Trinajstić information content (AvgIpc) is 2.99. The third-order valence-electron chi connectivity index (χ3n) is 7.36. The summed E-state index contributed by atoms with van der Waals surface area (Å²) in [7, 11) is 1.00. The molecule has 40 heavy (non-hydrogen) atoms. The fraction of sp³-hybridized carbons (Fsp3) is 0.393. The molecule has 0 atom stereocenters. The number of aromatic nitrogens is 2. The van der Waals surface area contributed by atoms with Crippen LogP contribution in [0, 0.1) is 0 Å². The Bertz CT molecular complexity index is 1480. The molecular formula is C28H33N5O6S. The Morgan fingerprint density at radius 3 is 2.12 bits per heavy atom. The van der Waals surface area contributed by atoms with Crippen LogP contribution in [0.2, 0.25) is 0 Å². The van der Waals surface area contributed by atoms with Gasteiger partial charge in [-0.1, -0.05) is 0 Å². The number of carbonyl (C=O) groups excluding carboxylic acids is 1. The first-order valence-electron chi connectivity index (χ1n) is 13.1. The van der Waals surface area contributed by atoms with E-state index in [0.29, 0.717) is 61.5 Å². The lowest BCUT2D eigenvalue weighted by Crippen LogP contribution is -2.49. The summed E-state index contributed by atoms with van der Waals surface area (Å²) in [5.41, 5.74) is 3.10. The topological polar surface area (TPSA) is 114 Å². The summed E-state index contributed by atoms with van der Waals surface area (Å²) in [4.78, 5) is 16.0. The van der Waals surface area contributed by atoms with Gasteiger partial charge in [0.2, 0.25) is 21.7 Å². The van der Waals surface area contributed by atoms with E-state index in [1.807, 2.05) is 29.2 Å². The second-order valence-electron chi connectivity index (χ2n) is 9.65. The number of ether oxygens (including phenoxy) is 3. The van der Waals surface area contributed by atoms with E-state index >= 15 is 0 Å². The Kier molecular flexibility index (Phi) is 7.81. The minimum atomic E-state index is -3.67. The zero-order valence-electron chi connectivity index (χ0n) is 23.1. The molecule has 0 bridgehead atoms. The molecule has 3 heterocycles. The largest absolute Gasteiger partial charge is 0.493 e.